The topological polar surface area (TPSA) is 26.0 Å². The summed E-state index contributed by atoms with van der Waals surface area (Å²) in [6.45, 7) is 4.47. The van der Waals surface area contributed by atoms with Crippen LogP contribution in [0.4, 0.5) is 8.78 Å². The summed E-state index contributed by atoms with van der Waals surface area (Å²) in [5.41, 5.74) is 5.68. The Labute approximate surface area is 103 Å². The molecule has 90 valence electrons. The van der Waals surface area contributed by atoms with E-state index in [2.05, 4.69) is 15.9 Å². The first-order valence-corrected chi connectivity index (χ1v) is 6.09. The number of halogens is 3. The summed E-state index contributed by atoms with van der Waals surface area (Å²) in [7, 11) is 0. The molecule has 0 saturated carbocycles. The van der Waals surface area contributed by atoms with Gasteiger partial charge in [-0.25, -0.2) is 8.78 Å². The van der Waals surface area contributed by atoms with Gasteiger partial charge in [-0.3, -0.25) is 0 Å². The van der Waals surface area contributed by atoms with Gasteiger partial charge in [-0.15, -0.1) is 0 Å². The highest BCUT2D eigenvalue weighted by molar-refractivity contribution is 9.10. The number of rotatable bonds is 4. The number of nitrogens with two attached hydrogens (primary N) is 1. The molecule has 4 heteroatoms. The Morgan fingerprint density at radius 1 is 1.25 bits per heavy atom. The van der Waals surface area contributed by atoms with Crippen LogP contribution in [0.2, 0.25) is 0 Å². The molecule has 0 amide bonds. The van der Waals surface area contributed by atoms with Crippen molar-refractivity contribution in [1.82, 2.24) is 0 Å². The van der Waals surface area contributed by atoms with Crippen molar-refractivity contribution in [3.8, 4) is 0 Å². The second-order valence-corrected chi connectivity index (χ2v) is 5.07. The van der Waals surface area contributed by atoms with Crippen LogP contribution in [-0.4, -0.2) is 6.54 Å². The lowest BCUT2D eigenvalue weighted by atomic mass is 9.89. The smallest absolute Gasteiger partial charge is 0.143 e. The molecule has 16 heavy (non-hydrogen) atoms. The van der Waals surface area contributed by atoms with E-state index >= 15 is 0 Å². The molecule has 2 atom stereocenters. The van der Waals surface area contributed by atoms with Crippen molar-refractivity contribution in [2.75, 3.05) is 6.54 Å². The summed E-state index contributed by atoms with van der Waals surface area (Å²) in [4.78, 5) is 0. The highest BCUT2D eigenvalue weighted by atomic mass is 79.9. The standard InChI is InChI=1S/C12H16BrF2N/c1-7(8(2)6-16)5-9-11(14)4-3-10(13)12(9)15/h3-4,7-8H,5-6,16H2,1-2H3. The molecule has 0 aromatic heterocycles. The Morgan fingerprint density at radius 3 is 2.44 bits per heavy atom. The van der Waals surface area contributed by atoms with E-state index in [1.54, 1.807) is 0 Å². The highest BCUT2D eigenvalue weighted by Crippen LogP contribution is 2.25. The van der Waals surface area contributed by atoms with Crippen LogP contribution in [0, 0.1) is 23.5 Å². The Balaban J connectivity index is 2.92. The average molecular weight is 292 g/mol. The molecule has 0 aliphatic carbocycles. The summed E-state index contributed by atoms with van der Waals surface area (Å²) >= 11 is 3.06. The van der Waals surface area contributed by atoms with Crippen molar-refractivity contribution >= 4 is 15.9 Å². The lowest BCUT2D eigenvalue weighted by Crippen LogP contribution is -2.21. The second-order valence-electron chi connectivity index (χ2n) is 4.22. The predicted molar refractivity (Wildman–Crippen MR) is 65.1 cm³/mol. The minimum absolute atomic E-state index is 0.141. The van der Waals surface area contributed by atoms with Crippen LogP contribution in [0.5, 0.6) is 0 Å². The van der Waals surface area contributed by atoms with Gasteiger partial charge < -0.3 is 5.73 Å². The molecule has 1 aromatic carbocycles. The summed E-state index contributed by atoms with van der Waals surface area (Å²) in [5.74, 6) is -0.589. The van der Waals surface area contributed by atoms with Gasteiger partial charge in [-0.2, -0.15) is 0 Å². The molecule has 2 unspecified atom stereocenters. The minimum Gasteiger partial charge on any atom is -0.330 e. The molecule has 0 spiro atoms. The van der Waals surface area contributed by atoms with E-state index in [0.717, 1.165) is 0 Å². The van der Waals surface area contributed by atoms with E-state index in [9.17, 15) is 8.78 Å². The van der Waals surface area contributed by atoms with Crippen LogP contribution in [0.15, 0.2) is 16.6 Å². The van der Waals surface area contributed by atoms with E-state index < -0.39 is 11.6 Å². The molecular formula is C12H16BrF2N. The first-order chi connectivity index (χ1) is 7.47. The highest BCUT2D eigenvalue weighted by Gasteiger charge is 2.18. The predicted octanol–water partition coefficient (Wildman–Crippen LogP) is 3.50. The fourth-order valence-electron chi connectivity index (χ4n) is 1.51. The fourth-order valence-corrected chi connectivity index (χ4v) is 1.88. The molecule has 1 nitrogen and oxygen atoms in total. The third kappa shape index (κ3) is 3.01. The van der Waals surface area contributed by atoms with Gasteiger partial charge in [0.2, 0.25) is 0 Å². The fraction of sp³-hybridized carbons (Fsp3) is 0.500. The lowest BCUT2D eigenvalue weighted by Gasteiger charge is -2.18. The molecule has 1 aromatic rings. The van der Waals surface area contributed by atoms with Gasteiger partial charge >= 0.3 is 0 Å². The van der Waals surface area contributed by atoms with Crippen LogP contribution in [-0.2, 0) is 6.42 Å². The SMILES string of the molecule is CC(CN)C(C)Cc1c(F)ccc(Br)c1F. The van der Waals surface area contributed by atoms with Crippen molar-refractivity contribution < 1.29 is 8.78 Å². The third-order valence-corrected chi connectivity index (χ3v) is 3.62. The van der Waals surface area contributed by atoms with E-state index in [4.69, 9.17) is 5.73 Å². The molecule has 0 aliphatic rings. The maximum Gasteiger partial charge on any atom is 0.143 e. The average Bonchev–Trinajstić information content (AvgIpc) is 2.28. The quantitative estimate of drug-likeness (QED) is 0.844. The molecule has 1 rings (SSSR count). The number of hydrogen-bond donors (Lipinski definition) is 1. The Morgan fingerprint density at radius 2 is 1.88 bits per heavy atom. The lowest BCUT2D eigenvalue weighted by molar-refractivity contribution is 0.381. The number of benzene rings is 1. The van der Waals surface area contributed by atoms with Crippen molar-refractivity contribution in [2.24, 2.45) is 17.6 Å². The number of hydrogen-bond acceptors (Lipinski definition) is 1. The normalized spacial score (nSPS) is 14.9. The van der Waals surface area contributed by atoms with Crippen molar-refractivity contribution in [3.63, 3.8) is 0 Å². The first kappa shape index (κ1) is 13.6. The van der Waals surface area contributed by atoms with E-state index in [-0.39, 0.29) is 17.4 Å². The minimum atomic E-state index is -0.504. The zero-order valence-corrected chi connectivity index (χ0v) is 11.0. The first-order valence-electron chi connectivity index (χ1n) is 5.29. The molecule has 2 N–H and O–H groups in total. The molecule has 0 radical (unpaired) electrons. The van der Waals surface area contributed by atoms with Gasteiger partial charge in [-0.05, 0) is 52.9 Å². The molecule has 0 heterocycles. The Kier molecular flexibility index (Phi) is 4.87. The molecule has 0 saturated heterocycles. The van der Waals surface area contributed by atoms with Gasteiger partial charge in [-0.1, -0.05) is 13.8 Å². The van der Waals surface area contributed by atoms with Crippen molar-refractivity contribution in [3.05, 3.63) is 33.8 Å². The van der Waals surface area contributed by atoms with E-state index in [1.165, 1.54) is 12.1 Å². The van der Waals surface area contributed by atoms with Gasteiger partial charge in [0.05, 0.1) is 4.47 Å². The van der Waals surface area contributed by atoms with Gasteiger partial charge in [0.25, 0.3) is 0 Å². The van der Waals surface area contributed by atoms with Crippen LogP contribution in [0.3, 0.4) is 0 Å². The van der Waals surface area contributed by atoms with Gasteiger partial charge in [0, 0.05) is 5.56 Å². The summed E-state index contributed by atoms with van der Waals surface area (Å²) in [6.07, 6.45) is 0.371. The van der Waals surface area contributed by atoms with Gasteiger partial charge in [0.15, 0.2) is 0 Å². The zero-order chi connectivity index (χ0) is 12.3. The summed E-state index contributed by atoms with van der Waals surface area (Å²) in [6, 6.07) is 2.66. The van der Waals surface area contributed by atoms with E-state index in [1.807, 2.05) is 13.8 Å². The monoisotopic (exact) mass is 291 g/mol. The van der Waals surface area contributed by atoms with Gasteiger partial charge in [0.1, 0.15) is 11.6 Å². The summed E-state index contributed by atoms with van der Waals surface area (Å²) < 4.78 is 27.4. The maximum atomic E-state index is 13.7. The van der Waals surface area contributed by atoms with Crippen LogP contribution in [0.1, 0.15) is 19.4 Å². The molecule has 0 fully saturated rings. The third-order valence-electron chi connectivity index (χ3n) is 3.01. The Bertz CT molecular complexity index is 368. The molecular weight excluding hydrogens is 276 g/mol. The zero-order valence-electron chi connectivity index (χ0n) is 9.43. The molecule has 0 bridgehead atoms. The van der Waals surface area contributed by atoms with Crippen molar-refractivity contribution in [2.45, 2.75) is 20.3 Å². The largest absolute Gasteiger partial charge is 0.330 e. The maximum absolute atomic E-state index is 13.7. The second kappa shape index (κ2) is 5.73. The van der Waals surface area contributed by atoms with Crippen LogP contribution in [0.25, 0.3) is 0 Å². The van der Waals surface area contributed by atoms with Crippen LogP contribution >= 0.6 is 15.9 Å². The van der Waals surface area contributed by atoms with E-state index in [0.29, 0.717) is 17.4 Å². The summed E-state index contributed by atoms with van der Waals surface area (Å²) in [5, 5.41) is 0. The van der Waals surface area contributed by atoms with Crippen LogP contribution < -0.4 is 5.73 Å². The van der Waals surface area contributed by atoms with Crippen molar-refractivity contribution in [1.29, 1.82) is 0 Å². The Hall–Kier alpha value is -0.480. The molecule has 0 aliphatic heterocycles.